The highest BCUT2D eigenvalue weighted by Gasteiger charge is 2.66. The van der Waals surface area contributed by atoms with Crippen LogP contribution < -0.4 is 0 Å². The van der Waals surface area contributed by atoms with Crippen LogP contribution in [-0.4, -0.2) is 91.2 Å². The Labute approximate surface area is 282 Å². The van der Waals surface area contributed by atoms with Crippen molar-refractivity contribution in [3.63, 3.8) is 0 Å². The van der Waals surface area contributed by atoms with E-state index >= 15 is 0 Å². The number of aliphatic hydroxyl groups excluding tert-OH is 1. The zero-order valence-electron chi connectivity index (χ0n) is 27.9. The van der Waals surface area contributed by atoms with Crippen LogP contribution in [0.5, 0.6) is 0 Å². The number of fused-ring (bicyclic) bond motifs is 3. The molecule has 1 saturated heterocycles. The number of hydrogen-bond donors (Lipinski definition) is 4. The minimum absolute atomic E-state index is 0.00461. The Balaban J connectivity index is 1.51. The first-order valence-corrected chi connectivity index (χ1v) is 19.8. The largest absolute Gasteiger partial charge is 0.481 e. The number of aliphatic hydroxyl groups is 1. The van der Waals surface area contributed by atoms with Crippen molar-refractivity contribution in [1.29, 1.82) is 0 Å². The van der Waals surface area contributed by atoms with Crippen LogP contribution in [-0.2, 0) is 48.5 Å². The van der Waals surface area contributed by atoms with Gasteiger partial charge in [0.25, 0.3) is 10.1 Å². The molecule has 14 nitrogen and oxygen atoms in total. The summed E-state index contributed by atoms with van der Waals surface area (Å²) in [5, 5.41) is 20.7. The number of allylic oxidation sites excluding steroid dienone is 1. The SMILES string of the molecule is C=C1C2CC[C@@H]3C(CC[C@@H]4C(C(=O)O)C[C@@H](O[C@H]5OC(CO)[C@H](OS(=O)(=O)O)C(CS(=O)(=O)O)[C@@H]5OC(=O)CC(C)C)C[C@]43C)(C2)C1C. The molecule has 5 fully saturated rings. The van der Waals surface area contributed by atoms with E-state index in [1.54, 1.807) is 13.8 Å². The summed E-state index contributed by atoms with van der Waals surface area (Å²) in [4.78, 5) is 25.8. The number of carboxylic acids is 1. The van der Waals surface area contributed by atoms with E-state index in [1.807, 2.05) is 0 Å². The number of esters is 1. The van der Waals surface area contributed by atoms with Crippen LogP contribution in [0.2, 0.25) is 0 Å². The van der Waals surface area contributed by atoms with Gasteiger partial charge in [0.05, 0.1) is 24.4 Å². The van der Waals surface area contributed by atoms with Crippen LogP contribution in [0.25, 0.3) is 0 Å². The maximum absolute atomic E-state index is 13.0. The lowest BCUT2D eigenvalue weighted by Gasteiger charge is -2.63. The van der Waals surface area contributed by atoms with E-state index < -0.39 is 92.8 Å². The van der Waals surface area contributed by atoms with Gasteiger partial charge in [-0.15, -0.1) is 0 Å². The second-order valence-electron chi connectivity index (χ2n) is 15.5. The molecule has 16 heteroatoms. The van der Waals surface area contributed by atoms with Crippen molar-refractivity contribution in [2.24, 2.45) is 52.3 Å². The van der Waals surface area contributed by atoms with Crippen LogP contribution >= 0.6 is 0 Å². The number of hydrogen-bond acceptors (Lipinski definition) is 11. The van der Waals surface area contributed by atoms with Crippen molar-refractivity contribution >= 4 is 32.5 Å². The lowest BCUT2D eigenvalue weighted by Crippen LogP contribution is -2.62. The fourth-order valence-electron chi connectivity index (χ4n) is 10.5. The van der Waals surface area contributed by atoms with Gasteiger partial charge in [-0.1, -0.05) is 39.8 Å². The summed E-state index contributed by atoms with van der Waals surface area (Å²) in [7, 11) is -10.1. The molecule has 4 saturated carbocycles. The summed E-state index contributed by atoms with van der Waals surface area (Å²) in [6.45, 7) is 11.4. The second-order valence-corrected chi connectivity index (χ2v) is 18.1. The van der Waals surface area contributed by atoms with Gasteiger partial charge >= 0.3 is 22.3 Å². The van der Waals surface area contributed by atoms with Gasteiger partial charge in [0, 0.05) is 12.3 Å². The minimum Gasteiger partial charge on any atom is -0.481 e. The van der Waals surface area contributed by atoms with Crippen molar-refractivity contribution in [3.8, 4) is 0 Å². The Morgan fingerprint density at radius 2 is 1.77 bits per heavy atom. The quantitative estimate of drug-likeness (QED) is 0.104. The molecule has 4 aliphatic carbocycles. The minimum atomic E-state index is -5.25. The molecule has 1 heterocycles. The topological polar surface area (TPSA) is 220 Å². The van der Waals surface area contributed by atoms with Gasteiger partial charge in [-0.25, -0.2) is 4.18 Å². The van der Waals surface area contributed by atoms with E-state index in [9.17, 15) is 45.7 Å². The molecular weight excluding hydrogens is 672 g/mol. The molecule has 0 amide bonds. The lowest BCUT2D eigenvalue weighted by molar-refractivity contribution is -0.308. The van der Waals surface area contributed by atoms with Gasteiger partial charge in [0.15, 0.2) is 12.4 Å². The summed E-state index contributed by atoms with van der Waals surface area (Å²) in [5.74, 6) is -4.80. The molecule has 2 bridgehead atoms. The van der Waals surface area contributed by atoms with Gasteiger partial charge in [-0.3, -0.25) is 18.7 Å². The van der Waals surface area contributed by atoms with E-state index in [0.29, 0.717) is 12.3 Å². The average molecular weight is 723 g/mol. The smallest absolute Gasteiger partial charge is 0.397 e. The molecule has 0 aromatic heterocycles. The zero-order valence-corrected chi connectivity index (χ0v) is 29.5. The van der Waals surface area contributed by atoms with E-state index in [1.165, 1.54) is 5.57 Å². The summed E-state index contributed by atoms with van der Waals surface area (Å²) in [6, 6.07) is 0. The van der Waals surface area contributed by atoms with Crippen molar-refractivity contribution < 1.29 is 64.1 Å². The van der Waals surface area contributed by atoms with Gasteiger partial charge in [-0.05, 0) is 85.4 Å². The first-order chi connectivity index (χ1) is 22.2. The lowest BCUT2D eigenvalue weighted by atomic mass is 9.42. The highest BCUT2D eigenvalue weighted by atomic mass is 32.3. The molecule has 5 aliphatic rings. The van der Waals surface area contributed by atoms with Crippen LogP contribution in [0.15, 0.2) is 12.2 Å². The van der Waals surface area contributed by atoms with E-state index in [2.05, 4.69) is 20.4 Å². The maximum Gasteiger partial charge on any atom is 0.397 e. The van der Waals surface area contributed by atoms with Crippen molar-refractivity contribution in [2.75, 3.05) is 12.4 Å². The summed E-state index contributed by atoms with van der Waals surface area (Å²) < 4.78 is 90.2. The van der Waals surface area contributed by atoms with Crippen LogP contribution in [0, 0.1) is 52.3 Å². The molecule has 274 valence electrons. The fourth-order valence-corrected chi connectivity index (χ4v) is 12.0. The molecule has 0 radical (unpaired) electrons. The summed E-state index contributed by atoms with van der Waals surface area (Å²) in [6.07, 6.45) is -2.59. The Kier molecular flexibility index (Phi) is 10.6. The number of carbonyl (C=O) groups is 2. The maximum atomic E-state index is 13.0. The molecule has 0 aromatic carbocycles. The Morgan fingerprint density at radius 1 is 1.08 bits per heavy atom. The predicted octanol–water partition coefficient (Wildman–Crippen LogP) is 3.26. The zero-order chi connectivity index (χ0) is 35.6. The monoisotopic (exact) mass is 722 g/mol. The van der Waals surface area contributed by atoms with E-state index in [4.69, 9.17) is 18.4 Å². The molecule has 48 heavy (non-hydrogen) atoms. The van der Waals surface area contributed by atoms with Crippen LogP contribution in [0.3, 0.4) is 0 Å². The molecule has 4 N–H and O–H groups in total. The molecule has 1 spiro atoms. The van der Waals surface area contributed by atoms with Gasteiger partial charge < -0.3 is 24.4 Å². The molecule has 13 atom stereocenters. The standard InChI is InChI=1S/C32H50O14S2/c1-16(2)10-26(34)45-28-22(15-47(37,38)39)27(46-48(40,41)42)24(14-33)44-30(28)43-20-11-21(29(35)36)23-8-9-32-12-19(17(3)18(32)4)6-7-25(32)31(23,5)13-20/h16,18-25,27-28,30,33H,3,6-15H2,1-2,4-5H3,(H,35,36)(H,37,38,39)(H,40,41,42)/t18?,19?,20-,21?,22?,23-,24?,25+,27-,28+,30+,31-,32?/m1/s1. The number of carboxylic acid groups (broad SMARTS) is 1. The predicted molar refractivity (Wildman–Crippen MR) is 169 cm³/mol. The summed E-state index contributed by atoms with van der Waals surface area (Å²) >= 11 is 0. The number of carbonyl (C=O) groups excluding carboxylic acids is 1. The second kappa shape index (κ2) is 13.5. The Morgan fingerprint density at radius 3 is 2.35 bits per heavy atom. The Hall–Kier alpha value is -1.66. The van der Waals surface area contributed by atoms with Gasteiger partial charge in [0.1, 0.15) is 12.2 Å². The molecule has 5 rings (SSSR count). The Bertz CT molecular complexity index is 1480. The molecule has 1 aliphatic heterocycles. The normalized spacial score (nSPS) is 43.0. The highest BCUT2D eigenvalue weighted by molar-refractivity contribution is 7.85. The van der Waals surface area contributed by atoms with Crippen molar-refractivity contribution in [1.82, 2.24) is 0 Å². The van der Waals surface area contributed by atoms with Gasteiger partial charge in [-0.2, -0.15) is 16.8 Å². The molecular formula is C32H50O14S2. The molecule has 6 unspecified atom stereocenters. The highest BCUT2D eigenvalue weighted by Crippen LogP contribution is 2.72. The van der Waals surface area contributed by atoms with E-state index in [0.717, 1.165) is 32.1 Å². The fraction of sp³-hybridized carbons (Fsp3) is 0.875. The number of ether oxygens (including phenoxy) is 3. The first kappa shape index (κ1) is 37.6. The van der Waals surface area contributed by atoms with Gasteiger partial charge in [0.2, 0.25) is 0 Å². The summed E-state index contributed by atoms with van der Waals surface area (Å²) in [5.41, 5.74) is 0.795. The van der Waals surface area contributed by atoms with Crippen molar-refractivity contribution in [3.05, 3.63) is 12.2 Å². The molecule has 0 aromatic rings. The third-order valence-corrected chi connectivity index (χ3v) is 13.7. The third-order valence-electron chi connectivity index (χ3n) is 12.4. The van der Waals surface area contributed by atoms with Crippen LogP contribution in [0.4, 0.5) is 0 Å². The van der Waals surface area contributed by atoms with Crippen molar-refractivity contribution in [2.45, 2.75) is 110 Å². The number of rotatable bonds is 11. The first-order valence-electron chi connectivity index (χ1n) is 16.8. The third kappa shape index (κ3) is 7.23. The average Bonchev–Trinajstić information content (AvgIpc) is 3.12. The van der Waals surface area contributed by atoms with Crippen LogP contribution in [0.1, 0.15) is 79.1 Å². The number of aliphatic carboxylic acids is 1. The van der Waals surface area contributed by atoms with E-state index in [-0.39, 0.29) is 41.9 Å².